The molecule has 0 bridgehead atoms. The van der Waals surface area contributed by atoms with Gasteiger partial charge in [0.1, 0.15) is 0 Å². The van der Waals surface area contributed by atoms with Crippen molar-refractivity contribution < 1.29 is 4.79 Å². The van der Waals surface area contributed by atoms with Crippen LogP contribution >= 0.6 is 0 Å². The molecular formula is C7H12N2O. The summed E-state index contributed by atoms with van der Waals surface area (Å²) in [4.78, 5) is 16.4. The Hall–Kier alpha value is -0.860. The van der Waals surface area contributed by atoms with Gasteiger partial charge < -0.3 is 4.90 Å². The van der Waals surface area contributed by atoms with Gasteiger partial charge in [0.15, 0.2) is 0 Å². The molecule has 1 aliphatic rings. The fraction of sp³-hybridized carbons (Fsp3) is 0.714. The zero-order chi connectivity index (χ0) is 7.56. The lowest BCUT2D eigenvalue weighted by Crippen LogP contribution is -2.10. The Morgan fingerprint density at radius 2 is 2.20 bits per heavy atom. The molecule has 0 aromatic carbocycles. The van der Waals surface area contributed by atoms with Crippen molar-refractivity contribution in [2.75, 3.05) is 14.1 Å². The van der Waals surface area contributed by atoms with Crippen LogP contribution in [-0.2, 0) is 4.79 Å². The highest BCUT2D eigenvalue weighted by Crippen LogP contribution is 2.29. The van der Waals surface area contributed by atoms with Gasteiger partial charge in [0, 0.05) is 20.0 Å². The predicted octanol–water partition coefficient (Wildman–Crippen LogP) is 0.513. The third-order valence-corrected chi connectivity index (χ3v) is 1.34. The van der Waals surface area contributed by atoms with E-state index in [1.165, 1.54) is 0 Å². The van der Waals surface area contributed by atoms with E-state index < -0.39 is 0 Å². The first-order chi connectivity index (χ1) is 4.70. The Bertz CT molecular complexity index is 159. The van der Waals surface area contributed by atoms with Crippen LogP contribution in [0, 0.1) is 5.92 Å². The van der Waals surface area contributed by atoms with Crippen LogP contribution < -0.4 is 0 Å². The molecule has 0 atom stereocenters. The lowest BCUT2D eigenvalue weighted by Gasteiger charge is -2.00. The molecule has 3 heteroatoms. The summed E-state index contributed by atoms with van der Waals surface area (Å²) in [5.41, 5.74) is 0. The van der Waals surface area contributed by atoms with Gasteiger partial charge in [-0.25, -0.2) is 4.99 Å². The molecule has 1 rings (SSSR count). The maximum atomic E-state index is 10.9. The Morgan fingerprint density at radius 1 is 1.60 bits per heavy atom. The lowest BCUT2D eigenvalue weighted by molar-refractivity contribution is -0.118. The van der Waals surface area contributed by atoms with Gasteiger partial charge in [-0.2, -0.15) is 0 Å². The van der Waals surface area contributed by atoms with Crippen molar-refractivity contribution in [2.24, 2.45) is 10.9 Å². The monoisotopic (exact) mass is 140 g/mol. The second-order valence-corrected chi connectivity index (χ2v) is 2.82. The number of nitrogens with zero attached hydrogens (tertiary/aromatic N) is 2. The molecule has 0 unspecified atom stereocenters. The summed E-state index contributed by atoms with van der Waals surface area (Å²) in [5.74, 6) is 0.282. The highest BCUT2D eigenvalue weighted by atomic mass is 16.1. The van der Waals surface area contributed by atoms with Crippen LogP contribution in [0.4, 0.5) is 0 Å². The Kier molecular flexibility index (Phi) is 2.04. The molecule has 0 radical (unpaired) electrons. The summed E-state index contributed by atoms with van der Waals surface area (Å²) in [6, 6.07) is 0. The Balaban J connectivity index is 2.29. The van der Waals surface area contributed by atoms with Gasteiger partial charge in [-0.1, -0.05) is 0 Å². The number of carbonyl (C=O) groups is 1. The van der Waals surface area contributed by atoms with Crippen molar-refractivity contribution in [2.45, 2.75) is 12.8 Å². The topological polar surface area (TPSA) is 32.7 Å². The largest absolute Gasteiger partial charge is 0.369 e. The quantitative estimate of drug-likeness (QED) is 0.413. The number of hydrogen-bond acceptors (Lipinski definition) is 1. The van der Waals surface area contributed by atoms with Gasteiger partial charge in [0.25, 0.3) is 0 Å². The molecule has 0 N–H and O–H groups in total. The van der Waals surface area contributed by atoms with Crippen LogP contribution in [0.15, 0.2) is 4.99 Å². The van der Waals surface area contributed by atoms with Gasteiger partial charge >= 0.3 is 0 Å². The van der Waals surface area contributed by atoms with Gasteiger partial charge in [-0.15, -0.1) is 0 Å². The molecule has 1 aliphatic carbocycles. The van der Waals surface area contributed by atoms with Crippen molar-refractivity contribution in [3.8, 4) is 0 Å². The molecule has 0 aromatic rings. The zero-order valence-corrected chi connectivity index (χ0v) is 6.37. The van der Waals surface area contributed by atoms with E-state index in [1.807, 2.05) is 14.1 Å². The first-order valence-electron chi connectivity index (χ1n) is 3.44. The molecule has 0 saturated heterocycles. The van der Waals surface area contributed by atoms with E-state index in [9.17, 15) is 4.79 Å². The van der Waals surface area contributed by atoms with Crippen molar-refractivity contribution in [3.05, 3.63) is 0 Å². The summed E-state index contributed by atoms with van der Waals surface area (Å²) in [6.45, 7) is 0. The molecule has 0 spiro atoms. The van der Waals surface area contributed by atoms with E-state index in [2.05, 4.69) is 4.99 Å². The van der Waals surface area contributed by atoms with Gasteiger partial charge in [-0.05, 0) is 12.8 Å². The molecule has 0 aliphatic heterocycles. The van der Waals surface area contributed by atoms with E-state index in [4.69, 9.17) is 0 Å². The second kappa shape index (κ2) is 2.82. The second-order valence-electron chi connectivity index (χ2n) is 2.82. The highest BCUT2D eigenvalue weighted by molar-refractivity contribution is 5.87. The van der Waals surface area contributed by atoms with Crippen molar-refractivity contribution in [1.29, 1.82) is 0 Å². The van der Waals surface area contributed by atoms with Crippen LogP contribution in [0.2, 0.25) is 0 Å². The van der Waals surface area contributed by atoms with Crippen LogP contribution in [-0.4, -0.2) is 31.2 Å². The SMILES string of the molecule is CN(C)C=NC(=O)C1CC1. The average Bonchev–Trinajstić information content (AvgIpc) is 2.63. The summed E-state index contributed by atoms with van der Waals surface area (Å²) in [5, 5.41) is 0. The average molecular weight is 140 g/mol. The third kappa shape index (κ3) is 2.17. The molecule has 1 fully saturated rings. The molecule has 0 heterocycles. The van der Waals surface area contributed by atoms with E-state index in [0.717, 1.165) is 12.8 Å². The van der Waals surface area contributed by atoms with Crippen LogP contribution in [0.3, 0.4) is 0 Å². The van der Waals surface area contributed by atoms with Crippen LogP contribution in [0.25, 0.3) is 0 Å². The van der Waals surface area contributed by atoms with E-state index in [-0.39, 0.29) is 11.8 Å². The normalized spacial score (nSPS) is 17.8. The first kappa shape index (κ1) is 7.25. The standard InChI is InChI=1S/C7H12N2O/c1-9(2)5-8-7(10)6-3-4-6/h5-6H,3-4H2,1-2H3. The molecule has 56 valence electrons. The Morgan fingerprint density at radius 3 is 2.60 bits per heavy atom. The maximum Gasteiger partial charge on any atom is 0.250 e. The van der Waals surface area contributed by atoms with Crippen LogP contribution in [0.1, 0.15) is 12.8 Å². The van der Waals surface area contributed by atoms with E-state index in [0.29, 0.717) is 0 Å². The summed E-state index contributed by atoms with van der Waals surface area (Å²) in [7, 11) is 3.70. The van der Waals surface area contributed by atoms with Gasteiger partial charge in [0.05, 0.1) is 6.34 Å². The van der Waals surface area contributed by atoms with Crippen molar-refractivity contribution in [3.63, 3.8) is 0 Å². The van der Waals surface area contributed by atoms with E-state index in [1.54, 1.807) is 11.2 Å². The minimum Gasteiger partial charge on any atom is -0.369 e. The van der Waals surface area contributed by atoms with Gasteiger partial charge in [0.2, 0.25) is 5.91 Å². The lowest BCUT2D eigenvalue weighted by atomic mass is 10.4. The summed E-state index contributed by atoms with van der Waals surface area (Å²) < 4.78 is 0. The molecule has 1 amide bonds. The molecule has 3 nitrogen and oxygen atoms in total. The summed E-state index contributed by atoms with van der Waals surface area (Å²) >= 11 is 0. The first-order valence-corrected chi connectivity index (χ1v) is 3.44. The maximum absolute atomic E-state index is 10.9. The fourth-order valence-electron chi connectivity index (χ4n) is 0.608. The molecule has 10 heavy (non-hydrogen) atoms. The number of hydrogen-bond donors (Lipinski definition) is 0. The van der Waals surface area contributed by atoms with Crippen LogP contribution in [0.5, 0.6) is 0 Å². The van der Waals surface area contributed by atoms with Crippen molar-refractivity contribution in [1.82, 2.24) is 4.90 Å². The number of aliphatic imine (C=N–C) groups is 1. The number of carbonyl (C=O) groups excluding carboxylic acids is 1. The van der Waals surface area contributed by atoms with Crippen molar-refractivity contribution >= 4 is 12.2 Å². The highest BCUT2D eigenvalue weighted by Gasteiger charge is 2.28. The predicted molar refractivity (Wildman–Crippen MR) is 39.9 cm³/mol. The minimum atomic E-state index is 0.0358. The van der Waals surface area contributed by atoms with E-state index >= 15 is 0 Å². The number of amides is 1. The molecule has 1 saturated carbocycles. The smallest absolute Gasteiger partial charge is 0.250 e. The Labute approximate surface area is 60.7 Å². The zero-order valence-electron chi connectivity index (χ0n) is 6.37. The third-order valence-electron chi connectivity index (χ3n) is 1.34. The van der Waals surface area contributed by atoms with Gasteiger partial charge in [-0.3, -0.25) is 4.79 Å². The molecular weight excluding hydrogens is 128 g/mol. The fourth-order valence-corrected chi connectivity index (χ4v) is 0.608. The minimum absolute atomic E-state index is 0.0358. The summed E-state index contributed by atoms with van der Waals surface area (Å²) in [6.07, 6.45) is 3.62. The molecule has 0 aromatic heterocycles. The number of rotatable bonds is 2.